The normalized spacial score (nSPS) is 18.2. The fourth-order valence-corrected chi connectivity index (χ4v) is 3.22. The number of hydrogen-bond donors (Lipinski definition) is 1. The zero-order chi connectivity index (χ0) is 12.5. The number of sulfonamides is 1. The van der Waals surface area contributed by atoms with Gasteiger partial charge in [0.1, 0.15) is 16.5 Å². The van der Waals surface area contributed by atoms with Gasteiger partial charge in [0, 0.05) is 26.2 Å². The van der Waals surface area contributed by atoms with Gasteiger partial charge in [0.15, 0.2) is 0 Å². The Labute approximate surface area is 98.3 Å². The summed E-state index contributed by atoms with van der Waals surface area (Å²) in [7, 11) is -3.94. The SMILES string of the molecule is O=S(=O)(c1cc(F)ccc1F)N1CCNCC1. The van der Waals surface area contributed by atoms with Gasteiger partial charge in [0.05, 0.1) is 0 Å². The third kappa shape index (κ3) is 2.46. The molecule has 0 atom stereocenters. The summed E-state index contributed by atoms with van der Waals surface area (Å²) in [6.07, 6.45) is 0. The lowest BCUT2D eigenvalue weighted by Gasteiger charge is -2.26. The van der Waals surface area contributed by atoms with Crippen LogP contribution < -0.4 is 5.32 Å². The van der Waals surface area contributed by atoms with Gasteiger partial charge in [-0.05, 0) is 18.2 Å². The molecule has 1 aliphatic rings. The molecule has 1 aliphatic heterocycles. The summed E-state index contributed by atoms with van der Waals surface area (Å²) in [5.74, 6) is -1.69. The number of piperazine rings is 1. The van der Waals surface area contributed by atoms with Gasteiger partial charge in [-0.1, -0.05) is 0 Å². The molecule has 17 heavy (non-hydrogen) atoms. The molecule has 0 radical (unpaired) electrons. The topological polar surface area (TPSA) is 49.4 Å². The molecule has 1 N–H and O–H groups in total. The lowest BCUT2D eigenvalue weighted by atomic mass is 10.3. The first-order valence-corrected chi connectivity index (χ1v) is 6.62. The number of halogens is 2. The summed E-state index contributed by atoms with van der Waals surface area (Å²) in [5, 5.41) is 2.99. The van der Waals surface area contributed by atoms with Gasteiger partial charge in [0.25, 0.3) is 0 Å². The van der Waals surface area contributed by atoms with Crippen LogP contribution in [-0.2, 0) is 10.0 Å². The Bertz CT molecular complexity index is 513. The molecule has 94 valence electrons. The average Bonchev–Trinajstić information content (AvgIpc) is 2.33. The molecule has 0 aromatic heterocycles. The van der Waals surface area contributed by atoms with Crippen LogP contribution in [0.15, 0.2) is 23.1 Å². The fourth-order valence-electron chi connectivity index (χ4n) is 1.70. The molecule has 0 aliphatic carbocycles. The van der Waals surface area contributed by atoms with E-state index in [0.717, 1.165) is 16.4 Å². The number of nitrogens with zero attached hydrogens (tertiary/aromatic N) is 1. The number of hydrogen-bond acceptors (Lipinski definition) is 3. The van der Waals surface area contributed by atoms with Crippen LogP contribution >= 0.6 is 0 Å². The first kappa shape index (κ1) is 12.4. The third-order valence-electron chi connectivity index (χ3n) is 2.59. The molecular weight excluding hydrogens is 250 g/mol. The second kappa shape index (κ2) is 4.67. The monoisotopic (exact) mass is 262 g/mol. The molecule has 4 nitrogen and oxygen atoms in total. The van der Waals surface area contributed by atoms with E-state index in [9.17, 15) is 17.2 Å². The van der Waals surface area contributed by atoms with Crippen LogP contribution in [0.2, 0.25) is 0 Å². The molecule has 1 saturated heterocycles. The maximum absolute atomic E-state index is 13.4. The van der Waals surface area contributed by atoms with E-state index in [-0.39, 0.29) is 13.1 Å². The van der Waals surface area contributed by atoms with Crippen LogP contribution in [-0.4, -0.2) is 38.9 Å². The van der Waals surface area contributed by atoms with E-state index in [0.29, 0.717) is 19.2 Å². The van der Waals surface area contributed by atoms with Crippen LogP contribution in [0.4, 0.5) is 8.78 Å². The Morgan fingerprint density at radius 3 is 2.47 bits per heavy atom. The number of rotatable bonds is 2. The van der Waals surface area contributed by atoms with Crippen LogP contribution in [0.25, 0.3) is 0 Å². The third-order valence-corrected chi connectivity index (χ3v) is 4.50. The second-order valence-electron chi connectivity index (χ2n) is 3.73. The summed E-state index contributed by atoms with van der Waals surface area (Å²) in [6.45, 7) is 1.54. The Morgan fingerprint density at radius 2 is 1.82 bits per heavy atom. The Balaban J connectivity index is 2.40. The van der Waals surface area contributed by atoms with E-state index in [1.165, 1.54) is 0 Å². The lowest BCUT2D eigenvalue weighted by molar-refractivity contribution is 0.358. The first-order chi connectivity index (χ1) is 8.01. The summed E-state index contributed by atoms with van der Waals surface area (Å²) in [6, 6.07) is 2.43. The quantitative estimate of drug-likeness (QED) is 0.847. The molecule has 1 fully saturated rings. The molecule has 1 aromatic rings. The van der Waals surface area contributed by atoms with Crippen LogP contribution in [0.1, 0.15) is 0 Å². The van der Waals surface area contributed by atoms with Gasteiger partial charge in [-0.25, -0.2) is 17.2 Å². The molecular formula is C10H12F2N2O2S. The fraction of sp³-hybridized carbons (Fsp3) is 0.400. The minimum absolute atomic E-state index is 0.262. The van der Waals surface area contributed by atoms with E-state index < -0.39 is 26.6 Å². The van der Waals surface area contributed by atoms with Gasteiger partial charge in [-0.15, -0.1) is 0 Å². The van der Waals surface area contributed by atoms with E-state index in [1.54, 1.807) is 0 Å². The first-order valence-electron chi connectivity index (χ1n) is 5.18. The minimum atomic E-state index is -3.94. The van der Waals surface area contributed by atoms with Crippen molar-refractivity contribution in [2.45, 2.75) is 4.90 Å². The molecule has 0 amide bonds. The number of benzene rings is 1. The Kier molecular flexibility index (Phi) is 3.41. The molecule has 0 spiro atoms. The van der Waals surface area contributed by atoms with Crippen molar-refractivity contribution in [3.8, 4) is 0 Å². The molecule has 0 saturated carbocycles. The molecule has 0 unspecified atom stereocenters. The van der Waals surface area contributed by atoms with Gasteiger partial charge in [-0.3, -0.25) is 0 Å². The van der Waals surface area contributed by atoms with Gasteiger partial charge < -0.3 is 5.32 Å². The highest BCUT2D eigenvalue weighted by atomic mass is 32.2. The van der Waals surface area contributed by atoms with Gasteiger partial charge in [0.2, 0.25) is 10.0 Å². The molecule has 2 rings (SSSR count). The van der Waals surface area contributed by atoms with Crippen molar-refractivity contribution >= 4 is 10.0 Å². The highest BCUT2D eigenvalue weighted by Gasteiger charge is 2.28. The van der Waals surface area contributed by atoms with Crippen molar-refractivity contribution in [3.63, 3.8) is 0 Å². The lowest BCUT2D eigenvalue weighted by Crippen LogP contribution is -2.46. The second-order valence-corrected chi connectivity index (χ2v) is 5.64. The van der Waals surface area contributed by atoms with E-state index in [1.807, 2.05) is 0 Å². The predicted molar refractivity (Wildman–Crippen MR) is 58.0 cm³/mol. The van der Waals surface area contributed by atoms with Crippen LogP contribution in [0, 0.1) is 11.6 Å². The standard InChI is InChI=1S/C10H12F2N2O2S/c11-8-1-2-9(12)10(7-8)17(15,16)14-5-3-13-4-6-14/h1-2,7,13H,3-6H2. The van der Waals surface area contributed by atoms with Crippen molar-refractivity contribution < 1.29 is 17.2 Å². The van der Waals surface area contributed by atoms with E-state index in [2.05, 4.69) is 5.32 Å². The predicted octanol–water partition coefficient (Wildman–Crippen LogP) is 0.559. The highest BCUT2D eigenvalue weighted by molar-refractivity contribution is 7.89. The largest absolute Gasteiger partial charge is 0.314 e. The summed E-state index contributed by atoms with van der Waals surface area (Å²) in [4.78, 5) is -0.598. The van der Waals surface area contributed by atoms with Crippen LogP contribution in [0.3, 0.4) is 0 Å². The zero-order valence-corrected chi connectivity index (χ0v) is 9.80. The maximum Gasteiger partial charge on any atom is 0.246 e. The van der Waals surface area contributed by atoms with Crippen molar-refractivity contribution in [2.24, 2.45) is 0 Å². The Hall–Kier alpha value is -1.05. The molecule has 1 aromatic carbocycles. The average molecular weight is 262 g/mol. The van der Waals surface area contributed by atoms with Crippen molar-refractivity contribution in [2.75, 3.05) is 26.2 Å². The smallest absolute Gasteiger partial charge is 0.246 e. The molecule has 7 heteroatoms. The van der Waals surface area contributed by atoms with Crippen molar-refractivity contribution in [1.82, 2.24) is 9.62 Å². The van der Waals surface area contributed by atoms with E-state index >= 15 is 0 Å². The molecule has 0 bridgehead atoms. The number of nitrogens with one attached hydrogen (secondary N) is 1. The van der Waals surface area contributed by atoms with E-state index in [4.69, 9.17) is 0 Å². The van der Waals surface area contributed by atoms with Crippen molar-refractivity contribution in [1.29, 1.82) is 0 Å². The van der Waals surface area contributed by atoms with Gasteiger partial charge in [-0.2, -0.15) is 4.31 Å². The summed E-state index contributed by atoms with van der Waals surface area (Å²) >= 11 is 0. The van der Waals surface area contributed by atoms with Crippen LogP contribution in [0.5, 0.6) is 0 Å². The maximum atomic E-state index is 13.4. The Morgan fingerprint density at radius 1 is 1.18 bits per heavy atom. The molecule has 1 heterocycles. The highest BCUT2D eigenvalue weighted by Crippen LogP contribution is 2.20. The van der Waals surface area contributed by atoms with Gasteiger partial charge >= 0.3 is 0 Å². The van der Waals surface area contributed by atoms with Crippen molar-refractivity contribution in [3.05, 3.63) is 29.8 Å². The zero-order valence-electron chi connectivity index (χ0n) is 8.99. The summed E-state index contributed by atoms with van der Waals surface area (Å²) < 4.78 is 51.7. The minimum Gasteiger partial charge on any atom is -0.314 e. The summed E-state index contributed by atoms with van der Waals surface area (Å²) in [5.41, 5.74) is 0.